The van der Waals surface area contributed by atoms with E-state index in [1.54, 1.807) is 38.5 Å². The summed E-state index contributed by atoms with van der Waals surface area (Å²) in [5.41, 5.74) is 1.29. The lowest BCUT2D eigenvalue weighted by atomic mass is 10.2. The zero-order chi connectivity index (χ0) is 18.4. The molecule has 134 valence electrons. The molecular formula is C19H19N3O4. The van der Waals surface area contributed by atoms with Crippen molar-refractivity contribution in [1.82, 2.24) is 15.5 Å². The van der Waals surface area contributed by atoms with Crippen LogP contribution in [0.15, 0.2) is 52.9 Å². The Bertz CT molecular complexity index is 875. The van der Waals surface area contributed by atoms with Crippen LogP contribution >= 0.6 is 0 Å². The van der Waals surface area contributed by atoms with Gasteiger partial charge in [-0.2, -0.15) is 0 Å². The summed E-state index contributed by atoms with van der Waals surface area (Å²) in [5, 5.41) is 10.9. The lowest BCUT2D eigenvalue weighted by molar-refractivity contribution is 0.0953. The van der Waals surface area contributed by atoms with Crippen molar-refractivity contribution >= 4 is 5.91 Å². The second-order valence-electron chi connectivity index (χ2n) is 5.44. The fourth-order valence-electron chi connectivity index (χ4n) is 2.41. The van der Waals surface area contributed by atoms with E-state index in [4.69, 9.17) is 13.9 Å². The van der Waals surface area contributed by atoms with Crippen LogP contribution in [0, 0.1) is 0 Å². The predicted octanol–water partition coefficient (Wildman–Crippen LogP) is 2.73. The number of amides is 1. The standard InChI is InChI=1S/C19H19N3O4/c1-24-14-9-7-13(8-10-14)18(23)20-12-11-17-21-22-19(26-17)15-5-3-4-6-16(15)25-2/h3-10H,11-12H2,1-2H3,(H,20,23). The molecule has 1 N–H and O–H groups in total. The number of rotatable bonds is 7. The molecule has 0 bridgehead atoms. The Kier molecular flexibility index (Phi) is 5.48. The Morgan fingerprint density at radius 3 is 2.54 bits per heavy atom. The van der Waals surface area contributed by atoms with Crippen LogP contribution in [0.5, 0.6) is 11.5 Å². The van der Waals surface area contributed by atoms with Gasteiger partial charge in [0.25, 0.3) is 11.8 Å². The number of nitrogens with zero attached hydrogens (tertiary/aromatic N) is 2. The summed E-state index contributed by atoms with van der Waals surface area (Å²) in [6, 6.07) is 14.3. The summed E-state index contributed by atoms with van der Waals surface area (Å²) in [6.07, 6.45) is 0.435. The fourth-order valence-corrected chi connectivity index (χ4v) is 2.41. The molecule has 0 radical (unpaired) electrons. The van der Waals surface area contributed by atoms with Crippen molar-refractivity contribution in [3.8, 4) is 23.0 Å². The third-order valence-corrected chi connectivity index (χ3v) is 3.78. The number of hydrogen-bond acceptors (Lipinski definition) is 6. The molecule has 3 rings (SSSR count). The van der Waals surface area contributed by atoms with Crippen molar-refractivity contribution in [2.24, 2.45) is 0 Å². The van der Waals surface area contributed by atoms with E-state index in [1.165, 1.54) is 0 Å². The topological polar surface area (TPSA) is 86.5 Å². The first kappa shape index (κ1) is 17.5. The van der Waals surface area contributed by atoms with E-state index >= 15 is 0 Å². The highest BCUT2D eigenvalue weighted by atomic mass is 16.5. The fraction of sp³-hybridized carbons (Fsp3) is 0.211. The third-order valence-electron chi connectivity index (χ3n) is 3.78. The molecule has 0 aliphatic carbocycles. The number of para-hydroxylation sites is 1. The average molecular weight is 353 g/mol. The Labute approximate surface area is 151 Å². The largest absolute Gasteiger partial charge is 0.497 e. The number of methoxy groups -OCH3 is 2. The van der Waals surface area contributed by atoms with Crippen LogP contribution in [0.25, 0.3) is 11.5 Å². The van der Waals surface area contributed by atoms with Gasteiger partial charge in [0.05, 0.1) is 19.8 Å². The van der Waals surface area contributed by atoms with E-state index in [0.717, 1.165) is 5.56 Å². The minimum atomic E-state index is -0.169. The SMILES string of the molecule is COc1ccc(C(=O)NCCc2nnc(-c3ccccc3OC)o2)cc1. The molecule has 0 unspecified atom stereocenters. The number of hydrogen-bond donors (Lipinski definition) is 1. The smallest absolute Gasteiger partial charge is 0.251 e. The molecule has 0 fully saturated rings. The molecule has 0 aliphatic heterocycles. The van der Waals surface area contributed by atoms with Crippen molar-refractivity contribution in [2.45, 2.75) is 6.42 Å². The van der Waals surface area contributed by atoms with Crippen molar-refractivity contribution < 1.29 is 18.7 Å². The van der Waals surface area contributed by atoms with Crippen molar-refractivity contribution in [3.63, 3.8) is 0 Å². The average Bonchev–Trinajstić information content (AvgIpc) is 3.16. The van der Waals surface area contributed by atoms with Gasteiger partial charge in [-0.05, 0) is 36.4 Å². The number of aromatic nitrogens is 2. The van der Waals surface area contributed by atoms with Crippen molar-refractivity contribution in [1.29, 1.82) is 0 Å². The van der Waals surface area contributed by atoms with Crippen molar-refractivity contribution in [3.05, 3.63) is 60.0 Å². The first-order valence-corrected chi connectivity index (χ1v) is 8.09. The van der Waals surface area contributed by atoms with E-state index in [1.807, 2.05) is 24.3 Å². The zero-order valence-electron chi connectivity index (χ0n) is 14.6. The predicted molar refractivity (Wildman–Crippen MR) is 95.3 cm³/mol. The highest BCUT2D eigenvalue weighted by Crippen LogP contribution is 2.28. The van der Waals surface area contributed by atoms with Crippen LogP contribution in [0.1, 0.15) is 16.2 Å². The van der Waals surface area contributed by atoms with Gasteiger partial charge in [-0.25, -0.2) is 0 Å². The van der Waals surface area contributed by atoms with E-state index in [9.17, 15) is 4.79 Å². The summed E-state index contributed by atoms with van der Waals surface area (Å²) < 4.78 is 16.0. The van der Waals surface area contributed by atoms with E-state index in [0.29, 0.717) is 41.8 Å². The monoisotopic (exact) mass is 353 g/mol. The first-order chi connectivity index (χ1) is 12.7. The molecule has 7 nitrogen and oxygen atoms in total. The molecule has 0 aliphatic rings. The number of nitrogens with one attached hydrogen (secondary N) is 1. The highest BCUT2D eigenvalue weighted by molar-refractivity contribution is 5.94. The van der Waals surface area contributed by atoms with Gasteiger partial charge < -0.3 is 19.2 Å². The molecule has 0 saturated carbocycles. The number of carbonyl (C=O) groups is 1. The molecule has 7 heteroatoms. The van der Waals surface area contributed by atoms with Crippen LogP contribution in [0.4, 0.5) is 0 Å². The Hall–Kier alpha value is -3.35. The van der Waals surface area contributed by atoms with Crippen LogP contribution in [0.3, 0.4) is 0 Å². The molecule has 0 spiro atoms. The summed E-state index contributed by atoms with van der Waals surface area (Å²) in [7, 11) is 3.17. The maximum absolute atomic E-state index is 12.1. The van der Waals surface area contributed by atoms with Gasteiger partial charge in [-0.15, -0.1) is 10.2 Å². The Morgan fingerprint density at radius 2 is 1.81 bits per heavy atom. The molecule has 26 heavy (non-hydrogen) atoms. The molecule has 1 amide bonds. The van der Waals surface area contributed by atoms with Gasteiger partial charge >= 0.3 is 0 Å². The van der Waals surface area contributed by atoms with Gasteiger partial charge in [0.2, 0.25) is 5.89 Å². The highest BCUT2D eigenvalue weighted by Gasteiger charge is 2.13. The lowest BCUT2D eigenvalue weighted by Crippen LogP contribution is -2.25. The molecule has 3 aromatic rings. The molecule has 1 aromatic heterocycles. The molecular weight excluding hydrogens is 334 g/mol. The second kappa shape index (κ2) is 8.15. The van der Waals surface area contributed by atoms with Crippen LogP contribution in [-0.2, 0) is 6.42 Å². The summed E-state index contributed by atoms with van der Waals surface area (Å²) >= 11 is 0. The maximum Gasteiger partial charge on any atom is 0.251 e. The van der Waals surface area contributed by atoms with Crippen LogP contribution in [-0.4, -0.2) is 36.9 Å². The van der Waals surface area contributed by atoms with Gasteiger partial charge in [-0.3, -0.25) is 4.79 Å². The second-order valence-corrected chi connectivity index (χ2v) is 5.44. The summed E-state index contributed by atoms with van der Waals surface area (Å²) in [4.78, 5) is 12.1. The minimum Gasteiger partial charge on any atom is -0.497 e. The van der Waals surface area contributed by atoms with E-state index in [-0.39, 0.29) is 5.91 Å². The number of carbonyl (C=O) groups excluding carboxylic acids is 1. The third kappa shape index (κ3) is 4.00. The molecule has 2 aromatic carbocycles. The van der Waals surface area contributed by atoms with Gasteiger partial charge in [0, 0.05) is 18.5 Å². The van der Waals surface area contributed by atoms with Crippen LogP contribution in [0.2, 0.25) is 0 Å². The lowest BCUT2D eigenvalue weighted by Gasteiger charge is -2.05. The molecule has 0 saturated heterocycles. The maximum atomic E-state index is 12.1. The van der Waals surface area contributed by atoms with Crippen molar-refractivity contribution in [2.75, 3.05) is 20.8 Å². The van der Waals surface area contributed by atoms with Gasteiger partial charge in [0.15, 0.2) is 0 Å². The quantitative estimate of drug-likeness (QED) is 0.703. The van der Waals surface area contributed by atoms with Gasteiger partial charge in [-0.1, -0.05) is 12.1 Å². The first-order valence-electron chi connectivity index (χ1n) is 8.09. The molecule has 1 heterocycles. The van der Waals surface area contributed by atoms with Crippen LogP contribution < -0.4 is 14.8 Å². The number of benzene rings is 2. The van der Waals surface area contributed by atoms with E-state index in [2.05, 4.69) is 15.5 Å². The number of ether oxygens (including phenoxy) is 2. The molecule has 0 atom stereocenters. The minimum absolute atomic E-state index is 0.169. The Morgan fingerprint density at radius 1 is 1.04 bits per heavy atom. The summed E-state index contributed by atoms with van der Waals surface area (Å²) in [6.45, 7) is 0.387. The Balaban J connectivity index is 1.57. The van der Waals surface area contributed by atoms with Gasteiger partial charge in [0.1, 0.15) is 11.5 Å². The zero-order valence-corrected chi connectivity index (χ0v) is 14.6. The normalized spacial score (nSPS) is 10.4. The summed E-state index contributed by atoms with van der Waals surface area (Å²) in [5.74, 6) is 2.03. The van der Waals surface area contributed by atoms with E-state index < -0.39 is 0 Å².